The minimum absolute atomic E-state index is 0.0176. The summed E-state index contributed by atoms with van der Waals surface area (Å²) in [5.74, 6) is 2.04. The minimum Gasteiger partial charge on any atom is -0.507 e. The van der Waals surface area contributed by atoms with Gasteiger partial charge in [0, 0.05) is 86.1 Å². The summed E-state index contributed by atoms with van der Waals surface area (Å²) >= 11 is 0. The van der Waals surface area contributed by atoms with Gasteiger partial charge in [0.05, 0.1) is 28.1 Å². The van der Waals surface area contributed by atoms with E-state index < -0.39 is 58.2 Å². The largest absolute Gasteiger partial charge is 0.507 e. The Morgan fingerprint density at radius 2 is 1.12 bits per heavy atom. The number of aromatic nitrogens is 6. The molecule has 28 heteroatoms. The first-order chi connectivity index (χ1) is 51.1. The van der Waals surface area contributed by atoms with Gasteiger partial charge in [-0.2, -0.15) is 13.4 Å². The number of nitrogens with one attached hydrogen (secondary N) is 2. The van der Waals surface area contributed by atoms with Crippen LogP contribution in [0.5, 0.6) is 11.6 Å². The van der Waals surface area contributed by atoms with E-state index >= 15 is 0 Å². The molecular formula is C81H103N13O12S3. The molecule has 3 amide bonds. The highest BCUT2D eigenvalue weighted by Crippen LogP contribution is 2.43. The smallest absolute Gasteiger partial charge is 0.284 e. The van der Waals surface area contributed by atoms with Crippen LogP contribution in [-0.4, -0.2) is 143 Å². The summed E-state index contributed by atoms with van der Waals surface area (Å²) in [5, 5.41) is 10.2. The number of aromatic amines is 1. The number of phenolic OH excluding ortho intramolecular Hbond substituents is 1. The summed E-state index contributed by atoms with van der Waals surface area (Å²) in [6.07, 6.45) is 11.1. The third-order valence-corrected chi connectivity index (χ3v) is 25.9. The number of benzene rings is 2. The standard InChI is InChI=1S/C28H35N5O3S.C28H40N4O4S.C25H28N4O5S/c1-18(2)20-10-7-8-11-21(20)23-14-13-22(26(31-23)33-17-19(3)16-28(33,4)5)27(34)32(6)37(35,36)24-12-9-15-30-25(24)29;1-19(2)21-12-14-22(15-13-21)36-24-10-7-11-25(30-24)37(34,35)31(6)27(33)23-9-8-16-29-26(23)32-18-20(3)17-28(32,4)5;1-15-7-10-20(30)18(12-15)19-9-8-17(22(27-19)29-14-16(2)13-25(29,3)4)23(31)28-35(33,34)21-6-5-11-26-24(21)32/h7-15,18-19H,16-17H2,1-6H3,(H2,29,30);7-11,16,19-22H,12-15,17-18H2,1-6H3;5-12,16,30H,13-14H2,1-4H3,(H,26,32)(H,28,31)/t19-;;16-/m0.0/s1. The first-order valence-corrected chi connectivity index (χ1v) is 41.3. The molecule has 9 heterocycles. The zero-order valence-corrected chi connectivity index (χ0v) is 67.6. The maximum atomic E-state index is 13.8. The molecule has 4 fully saturated rings. The predicted octanol–water partition coefficient (Wildman–Crippen LogP) is 13.3. The van der Waals surface area contributed by atoms with Crippen LogP contribution in [0.4, 0.5) is 23.3 Å². The summed E-state index contributed by atoms with van der Waals surface area (Å²) in [6.45, 7) is 31.7. The summed E-state index contributed by atoms with van der Waals surface area (Å²) < 4.78 is 88.8. The van der Waals surface area contributed by atoms with E-state index in [9.17, 15) is 49.5 Å². The van der Waals surface area contributed by atoms with Gasteiger partial charge in [0.15, 0.2) is 9.92 Å². The number of nitrogen functional groups attached to an aromatic ring is 1. The maximum absolute atomic E-state index is 13.8. The van der Waals surface area contributed by atoms with Gasteiger partial charge in [-0.3, -0.25) is 19.2 Å². The fraction of sp³-hybridized carbons (Fsp3) is 0.444. The number of amides is 3. The number of carbonyl (C=O) groups excluding carboxylic acids is 3. The van der Waals surface area contributed by atoms with E-state index in [4.69, 9.17) is 20.4 Å². The fourth-order valence-corrected chi connectivity index (χ4v) is 18.9. The van der Waals surface area contributed by atoms with E-state index in [1.54, 1.807) is 66.9 Å². The third-order valence-electron chi connectivity index (χ3n) is 21.1. The van der Waals surface area contributed by atoms with Crippen molar-refractivity contribution in [3.8, 4) is 34.1 Å². The van der Waals surface area contributed by atoms with Gasteiger partial charge in [-0.15, -0.1) is 0 Å². The predicted molar refractivity (Wildman–Crippen MR) is 424 cm³/mol. The van der Waals surface area contributed by atoms with Gasteiger partial charge in [-0.25, -0.2) is 50.1 Å². The van der Waals surface area contributed by atoms with Crippen molar-refractivity contribution in [2.75, 3.05) is 54.2 Å². The molecule has 582 valence electrons. The van der Waals surface area contributed by atoms with Crippen LogP contribution < -0.4 is 35.5 Å². The highest BCUT2D eigenvalue weighted by molar-refractivity contribution is 7.90. The van der Waals surface area contributed by atoms with E-state index in [1.807, 2.05) is 48.6 Å². The molecule has 3 atom stereocenters. The van der Waals surface area contributed by atoms with E-state index in [1.165, 1.54) is 56.8 Å². The average molecular weight is 1550 g/mol. The van der Waals surface area contributed by atoms with Crippen molar-refractivity contribution in [1.82, 2.24) is 43.2 Å². The van der Waals surface area contributed by atoms with Crippen LogP contribution in [0, 0.1) is 36.5 Å². The quantitative estimate of drug-likeness (QED) is 0.0620. The molecule has 0 bridgehead atoms. The van der Waals surface area contributed by atoms with Crippen molar-refractivity contribution < 1.29 is 49.5 Å². The lowest BCUT2D eigenvalue weighted by atomic mass is 9.80. The Hall–Kier alpha value is -9.80. The van der Waals surface area contributed by atoms with Crippen molar-refractivity contribution >= 4 is 71.1 Å². The Bertz CT molecular complexity index is 5120. The number of carbonyl (C=O) groups is 3. The number of ether oxygens (including phenoxy) is 1. The van der Waals surface area contributed by atoms with Crippen LogP contribution in [-0.2, 0) is 30.1 Å². The lowest BCUT2D eigenvalue weighted by molar-refractivity contribution is 0.0873. The number of anilines is 4. The molecule has 109 heavy (non-hydrogen) atoms. The summed E-state index contributed by atoms with van der Waals surface area (Å²) in [7, 11) is -10.3. The second-order valence-corrected chi connectivity index (χ2v) is 37.4. The van der Waals surface area contributed by atoms with Crippen molar-refractivity contribution in [3.05, 3.63) is 178 Å². The molecule has 4 aliphatic rings. The molecule has 8 aromatic rings. The second kappa shape index (κ2) is 32.4. The lowest BCUT2D eigenvalue weighted by Crippen LogP contribution is -2.41. The zero-order chi connectivity index (χ0) is 79.6. The number of hydrogen-bond acceptors (Lipinski definition) is 21. The van der Waals surface area contributed by atoms with Crippen LogP contribution in [0.25, 0.3) is 22.5 Å². The molecule has 1 aliphatic carbocycles. The van der Waals surface area contributed by atoms with Crippen molar-refractivity contribution in [2.24, 2.45) is 29.6 Å². The molecule has 5 N–H and O–H groups in total. The molecule has 3 saturated heterocycles. The Labute approximate surface area is 641 Å². The zero-order valence-electron chi connectivity index (χ0n) is 65.1. The Kier molecular flexibility index (Phi) is 24.3. The monoisotopic (exact) mass is 1550 g/mol. The average Bonchev–Trinajstić information content (AvgIpc) is 1.75. The van der Waals surface area contributed by atoms with Crippen molar-refractivity contribution in [3.63, 3.8) is 0 Å². The number of aromatic hydroxyl groups is 1. The first-order valence-electron chi connectivity index (χ1n) is 37.0. The van der Waals surface area contributed by atoms with Gasteiger partial charge in [0.2, 0.25) is 5.88 Å². The van der Waals surface area contributed by atoms with E-state index in [-0.39, 0.29) is 72.7 Å². The Balaban J connectivity index is 0.000000174. The van der Waals surface area contributed by atoms with Gasteiger partial charge in [-0.05, 0) is 213 Å². The summed E-state index contributed by atoms with van der Waals surface area (Å²) in [4.78, 5) is 82.8. The number of aryl methyl sites for hydroxylation is 1. The van der Waals surface area contributed by atoms with Gasteiger partial charge in [-0.1, -0.05) is 90.4 Å². The lowest BCUT2D eigenvalue weighted by Gasteiger charge is -2.34. The molecule has 1 unspecified atom stereocenters. The molecular weight excluding hydrogens is 1440 g/mol. The van der Waals surface area contributed by atoms with Crippen molar-refractivity contribution in [1.29, 1.82) is 0 Å². The van der Waals surface area contributed by atoms with Crippen LogP contribution in [0.1, 0.15) is 183 Å². The van der Waals surface area contributed by atoms with E-state index in [2.05, 4.69) is 112 Å². The number of phenols is 1. The molecule has 0 spiro atoms. The fourth-order valence-electron chi connectivity index (χ4n) is 15.7. The first kappa shape index (κ1) is 81.7. The van der Waals surface area contributed by atoms with Gasteiger partial charge >= 0.3 is 0 Å². The molecule has 3 aliphatic heterocycles. The molecule has 12 rings (SSSR count). The number of nitrogens with zero attached hydrogens (tertiary/aromatic N) is 10. The van der Waals surface area contributed by atoms with Crippen LogP contribution in [0.2, 0.25) is 0 Å². The normalized spacial score (nSPS) is 19.5. The molecule has 25 nitrogen and oxygen atoms in total. The second-order valence-electron chi connectivity index (χ2n) is 31.9. The molecule has 2 aromatic carbocycles. The topological polar surface area (TPSA) is 335 Å². The maximum Gasteiger partial charge on any atom is 0.284 e. The summed E-state index contributed by atoms with van der Waals surface area (Å²) in [6, 6.07) is 33.1. The van der Waals surface area contributed by atoms with E-state index in [0.717, 1.165) is 88.6 Å². The number of H-pyrrole nitrogens is 1. The van der Waals surface area contributed by atoms with Crippen LogP contribution in [0.3, 0.4) is 0 Å². The Morgan fingerprint density at radius 1 is 0.596 bits per heavy atom. The molecule has 0 radical (unpaired) electrons. The highest BCUT2D eigenvalue weighted by Gasteiger charge is 2.44. The highest BCUT2D eigenvalue weighted by atomic mass is 32.2. The molecule has 1 saturated carbocycles. The minimum atomic E-state index is -4.42. The van der Waals surface area contributed by atoms with Gasteiger partial charge < -0.3 is 35.3 Å². The number of rotatable bonds is 18. The number of nitrogens with two attached hydrogens (primary N) is 1. The molecule has 6 aromatic heterocycles. The number of sulfonamides is 3. The van der Waals surface area contributed by atoms with E-state index in [0.29, 0.717) is 71.4 Å². The van der Waals surface area contributed by atoms with Gasteiger partial charge in [0.25, 0.3) is 53.4 Å². The van der Waals surface area contributed by atoms with Gasteiger partial charge in [0.1, 0.15) is 40.0 Å². The SMILES string of the molecule is CC(C)c1ccccc1-c1ccc(C(=O)N(C)S(=O)(=O)c2cccnc2N)c(N2C[C@@H](C)CC2(C)C)n1.CC1CN(c2ncccc2C(=O)N(C)S(=O)(=O)c2cccc(OC3CCC(C(C)C)CC3)n2)C(C)(C)C1.Cc1ccc(O)c(-c2ccc(C(=O)NS(=O)(=O)c3ccc[nH]c3=O)c(N3C[C@@H](C)CC3(C)C)n2)c1. The third kappa shape index (κ3) is 17.9. The number of hydrogen-bond donors (Lipinski definition) is 4. The van der Waals surface area contributed by atoms with Crippen LogP contribution >= 0.6 is 0 Å². The van der Waals surface area contributed by atoms with Crippen LogP contribution in [0.15, 0.2) is 160 Å². The Morgan fingerprint density at radius 3 is 1.68 bits per heavy atom. The number of pyridine rings is 6. The van der Waals surface area contributed by atoms with Crippen molar-refractivity contribution in [2.45, 2.75) is 185 Å². The summed E-state index contributed by atoms with van der Waals surface area (Å²) in [5.41, 5.74) is 9.52.